The van der Waals surface area contributed by atoms with Crippen LogP contribution in [0, 0.1) is 17.2 Å². The van der Waals surface area contributed by atoms with Gasteiger partial charge in [0, 0.05) is 12.1 Å². The van der Waals surface area contributed by atoms with Gasteiger partial charge in [-0.3, -0.25) is 24.7 Å². The number of likely N-dealkylation sites (tertiary alicyclic amines) is 1. The molecule has 1 aliphatic carbocycles. The number of thiophene rings is 1. The third kappa shape index (κ3) is 4.37. The molecule has 4 N–H and O–H groups in total. The van der Waals surface area contributed by atoms with Crippen LogP contribution in [-0.2, 0) is 9.59 Å². The molecule has 1 aromatic heterocycles. The van der Waals surface area contributed by atoms with Crippen LogP contribution >= 0.6 is 22.9 Å². The Hall–Kier alpha value is -3.23. The highest BCUT2D eigenvalue weighted by atomic mass is 35.5. The molecule has 0 spiro atoms. The molecule has 2 aromatic rings. The number of amides is 3. The summed E-state index contributed by atoms with van der Waals surface area (Å²) in [6.45, 7) is 0.135. The molecule has 0 radical (unpaired) electrons. The molecule has 1 aromatic carbocycles. The van der Waals surface area contributed by atoms with Gasteiger partial charge in [0.05, 0.1) is 27.1 Å². The molecule has 1 aliphatic heterocycles. The Labute approximate surface area is 194 Å². The molecule has 0 saturated carbocycles. The highest BCUT2D eigenvalue weighted by molar-refractivity contribution is 7.18. The molecule has 2 aliphatic rings. The lowest BCUT2D eigenvalue weighted by atomic mass is 9.81. The Morgan fingerprint density at radius 1 is 1.28 bits per heavy atom. The molecule has 2 unspecified atom stereocenters. The van der Waals surface area contributed by atoms with Crippen molar-refractivity contribution in [2.24, 2.45) is 17.6 Å². The van der Waals surface area contributed by atoms with Gasteiger partial charge >= 0.3 is 0 Å². The van der Waals surface area contributed by atoms with Gasteiger partial charge in [0.1, 0.15) is 5.84 Å². The van der Waals surface area contributed by atoms with Crippen molar-refractivity contribution >= 4 is 52.6 Å². The van der Waals surface area contributed by atoms with Crippen molar-refractivity contribution in [3.63, 3.8) is 0 Å². The molecule has 164 valence electrons. The number of imide groups is 1. The second-order valence-corrected chi connectivity index (χ2v) is 9.34. The number of nitrogens with two attached hydrogens (primary N) is 1. The predicted molar refractivity (Wildman–Crippen MR) is 125 cm³/mol. The van der Waals surface area contributed by atoms with E-state index in [0.717, 1.165) is 16.9 Å². The highest BCUT2D eigenvalue weighted by Crippen LogP contribution is 2.35. The summed E-state index contributed by atoms with van der Waals surface area (Å²) in [7, 11) is 0. The second-order valence-electron chi connectivity index (χ2n) is 7.63. The van der Waals surface area contributed by atoms with Gasteiger partial charge in [0.2, 0.25) is 11.8 Å². The number of nitrogen functional groups attached to an aromatic ring is 1. The number of nitrogens with one attached hydrogen (secondary N) is 2. The van der Waals surface area contributed by atoms with E-state index in [4.69, 9.17) is 22.7 Å². The first-order valence-corrected chi connectivity index (χ1v) is 11.2. The smallest absolute Gasteiger partial charge is 0.261 e. The number of halogens is 1. The van der Waals surface area contributed by atoms with Crippen LogP contribution in [0.1, 0.15) is 27.2 Å². The molecule has 1 saturated heterocycles. The third-order valence-corrected chi connectivity index (χ3v) is 6.81. The van der Waals surface area contributed by atoms with Crippen LogP contribution < -0.4 is 11.1 Å². The van der Waals surface area contributed by atoms with Crippen LogP contribution in [0.15, 0.2) is 54.6 Å². The fourth-order valence-electron chi connectivity index (χ4n) is 4.04. The number of nitrogens with zero attached hydrogens (tertiary/aromatic N) is 1. The number of benzene rings is 1. The Morgan fingerprint density at radius 3 is 2.81 bits per heavy atom. The lowest BCUT2D eigenvalue weighted by molar-refractivity contribution is -0.139. The predicted octanol–water partition coefficient (Wildman–Crippen LogP) is 3.06. The average molecular weight is 469 g/mol. The van der Waals surface area contributed by atoms with Crippen LogP contribution in [0.5, 0.6) is 0 Å². The SMILES string of the molecule is N=C(N)c1cccc(/C=C/CN2C(=O)C3CC=C[C@@H](NC(=O)c4ccc(Cl)s4)C3C2=O)c1. The van der Waals surface area contributed by atoms with Gasteiger partial charge in [-0.05, 0) is 30.2 Å². The molecule has 32 heavy (non-hydrogen) atoms. The standard InChI is InChI=1S/C23H21ClN4O3S/c24-18-10-9-17(32-18)21(29)27-16-8-2-7-15-19(16)23(31)28(22(15)30)11-3-5-13-4-1-6-14(12-13)20(25)26/h1-6,8-10,12,15-16,19H,7,11H2,(H3,25,26)(H,27,29)/b5-3+/t15?,16-,19?/m1/s1. The number of amidine groups is 1. The van der Waals surface area contributed by atoms with Gasteiger partial charge in [-0.1, -0.05) is 54.1 Å². The molecule has 3 amide bonds. The average Bonchev–Trinajstić information content (AvgIpc) is 3.31. The number of hydrogen-bond acceptors (Lipinski definition) is 5. The minimum absolute atomic E-state index is 0.0281. The molecule has 1 fully saturated rings. The van der Waals surface area contributed by atoms with E-state index >= 15 is 0 Å². The summed E-state index contributed by atoms with van der Waals surface area (Å²) >= 11 is 7.07. The maximum atomic E-state index is 13.1. The summed E-state index contributed by atoms with van der Waals surface area (Å²) in [5, 5.41) is 10.4. The topological polar surface area (TPSA) is 116 Å². The minimum atomic E-state index is -0.624. The summed E-state index contributed by atoms with van der Waals surface area (Å²) in [5.41, 5.74) is 6.94. The summed E-state index contributed by atoms with van der Waals surface area (Å²) < 4.78 is 0.506. The van der Waals surface area contributed by atoms with Crippen LogP contribution in [0.25, 0.3) is 6.08 Å². The number of rotatable bonds is 6. The van der Waals surface area contributed by atoms with Crippen molar-refractivity contribution in [2.75, 3.05) is 6.54 Å². The third-order valence-electron chi connectivity index (χ3n) is 5.58. The summed E-state index contributed by atoms with van der Waals surface area (Å²) in [4.78, 5) is 40.2. The number of fused-ring (bicyclic) bond motifs is 1. The second kappa shape index (κ2) is 9.10. The van der Waals surface area contributed by atoms with Crippen LogP contribution in [-0.4, -0.2) is 41.0 Å². The molecule has 9 heteroatoms. The molecule has 3 atom stereocenters. The van der Waals surface area contributed by atoms with E-state index < -0.39 is 17.9 Å². The van der Waals surface area contributed by atoms with E-state index in [9.17, 15) is 14.4 Å². The lowest BCUT2D eigenvalue weighted by Crippen LogP contribution is -2.45. The van der Waals surface area contributed by atoms with E-state index in [1.165, 1.54) is 4.90 Å². The van der Waals surface area contributed by atoms with Crippen molar-refractivity contribution in [2.45, 2.75) is 12.5 Å². The maximum Gasteiger partial charge on any atom is 0.261 e. The lowest BCUT2D eigenvalue weighted by Gasteiger charge is -2.26. The minimum Gasteiger partial charge on any atom is -0.384 e. The van der Waals surface area contributed by atoms with Crippen molar-refractivity contribution < 1.29 is 14.4 Å². The molecular weight excluding hydrogens is 448 g/mol. The summed E-state index contributed by atoms with van der Waals surface area (Å²) in [6, 6.07) is 9.86. The first-order valence-electron chi connectivity index (χ1n) is 10.0. The summed E-state index contributed by atoms with van der Waals surface area (Å²) in [5.74, 6) is -1.98. The molecule has 4 rings (SSSR count). The van der Waals surface area contributed by atoms with E-state index in [1.807, 2.05) is 12.1 Å². The zero-order valence-corrected chi connectivity index (χ0v) is 18.5. The van der Waals surface area contributed by atoms with E-state index in [1.54, 1.807) is 48.6 Å². The van der Waals surface area contributed by atoms with Gasteiger partial charge < -0.3 is 11.1 Å². The van der Waals surface area contributed by atoms with Crippen molar-refractivity contribution in [3.8, 4) is 0 Å². The van der Waals surface area contributed by atoms with Crippen LogP contribution in [0.2, 0.25) is 4.34 Å². The highest BCUT2D eigenvalue weighted by Gasteiger charge is 2.51. The quantitative estimate of drug-likeness (QED) is 0.261. The van der Waals surface area contributed by atoms with Gasteiger partial charge in [0.25, 0.3) is 5.91 Å². The monoisotopic (exact) mass is 468 g/mol. The van der Waals surface area contributed by atoms with Gasteiger partial charge in [-0.15, -0.1) is 11.3 Å². The normalized spacial score (nSPS) is 22.4. The first-order chi connectivity index (χ1) is 15.3. The summed E-state index contributed by atoms with van der Waals surface area (Å²) in [6.07, 6.45) is 7.61. The number of hydrogen-bond donors (Lipinski definition) is 3. The molecular formula is C23H21ClN4O3S. The van der Waals surface area contributed by atoms with Gasteiger partial charge in [-0.2, -0.15) is 0 Å². The van der Waals surface area contributed by atoms with Crippen molar-refractivity contribution in [3.05, 3.63) is 75.0 Å². The molecule has 0 bridgehead atoms. The van der Waals surface area contributed by atoms with Crippen LogP contribution in [0.4, 0.5) is 0 Å². The Balaban J connectivity index is 1.46. The van der Waals surface area contributed by atoms with E-state index in [2.05, 4.69) is 5.32 Å². The van der Waals surface area contributed by atoms with Gasteiger partial charge in [-0.25, -0.2) is 0 Å². The zero-order valence-electron chi connectivity index (χ0n) is 17.0. The number of allylic oxidation sites excluding steroid dienone is 1. The number of carbonyl (C=O) groups excluding carboxylic acids is 3. The Bertz CT molecular complexity index is 1160. The fourth-order valence-corrected chi connectivity index (χ4v) is 4.98. The zero-order chi connectivity index (χ0) is 22.8. The van der Waals surface area contributed by atoms with Crippen molar-refractivity contribution in [1.29, 1.82) is 5.41 Å². The Kier molecular flexibility index (Phi) is 6.25. The van der Waals surface area contributed by atoms with E-state index in [0.29, 0.717) is 21.2 Å². The first kappa shape index (κ1) is 22.0. The number of carbonyl (C=O) groups is 3. The van der Waals surface area contributed by atoms with Crippen LogP contribution in [0.3, 0.4) is 0 Å². The van der Waals surface area contributed by atoms with E-state index in [-0.39, 0.29) is 30.1 Å². The maximum absolute atomic E-state index is 13.1. The van der Waals surface area contributed by atoms with Crippen molar-refractivity contribution in [1.82, 2.24) is 10.2 Å². The largest absolute Gasteiger partial charge is 0.384 e. The fraction of sp³-hybridized carbons (Fsp3) is 0.217. The Morgan fingerprint density at radius 2 is 2.09 bits per heavy atom. The molecule has 2 heterocycles. The van der Waals surface area contributed by atoms with Gasteiger partial charge in [0.15, 0.2) is 0 Å². The molecule has 7 nitrogen and oxygen atoms in total.